The number of benzene rings is 4. The third-order valence-corrected chi connectivity index (χ3v) is 12.9. The Morgan fingerprint density at radius 1 is 0.677 bits per heavy atom. The molecule has 0 aromatic heterocycles. The van der Waals surface area contributed by atoms with Crippen LogP contribution in [0.1, 0.15) is 0 Å². The maximum absolute atomic E-state index is 5.31. The molecule has 0 fully saturated rings. The molecule has 154 valence electrons. The molecular weight excluding hydrogens is 479 g/mol. The molecule has 0 radical (unpaired) electrons. The minimum absolute atomic E-state index is 0.882. The van der Waals surface area contributed by atoms with Gasteiger partial charge in [0.1, 0.15) is 0 Å². The number of ether oxygens (including phenoxy) is 1. The second-order valence-electron chi connectivity index (χ2n) is 7.33. The summed E-state index contributed by atoms with van der Waals surface area (Å²) in [6.45, 7) is 0. The first kappa shape index (κ1) is 21.9. The predicted molar refractivity (Wildman–Crippen MR) is 138 cm³/mol. The summed E-state index contributed by atoms with van der Waals surface area (Å²) in [7, 11) is -0.571. The summed E-state index contributed by atoms with van der Waals surface area (Å²) in [4.78, 5) is 1.21. The summed E-state index contributed by atoms with van der Waals surface area (Å²) in [5.74, 6) is 0.882. The van der Waals surface area contributed by atoms with E-state index in [2.05, 4.69) is 119 Å². The van der Waals surface area contributed by atoms with Gasteiger partial charge in [-0.1, -0.05) is 0 Å². The van der Waals surface area contributed by atoms with E-state index in [1.54, 1.807) is 7.11 Å². The predicted octanol–water partition coefficient (Wildman–Crippen LogP) is 4.26. The van der Waals surface area contributed by atoms with Gasteiger partial charge in [-0.15, -0.1) is 0 Å². The van der Waals surface area contributed by atoms with Crippen LogP contribution in [0.25, 0.3) is 0 Å². The standard InChI is InChI=1S/C27H24OSSeSi/c1-28-22-17-19-23(20-18-22)29-27(30)21-31(24-11-5-2-6-12-24,25-13-7-3-8-14-25)26-15-9-4-10-16-26/h2-20H,21H2,1H3. The van der Waals surface area contributed by atoms with Crippen molar-refractivity contribution in [1.29, 1.82) is 0 Å². The molecule has 0 heterocycles. The quantitative estimate of drug-likeness (QED) is 0.202. The molecular formula is C27H24OSSeSi. The fourth-order valence-corrected chi connectivity index (χ4v) is 11.8. The molecule has 4 heteroatoms. The zero-order valence-electron chi connectivity index (χ0n) is 17.4. The fourth-order valence-electron chi connectivity index (χ4n) is 4.00. The van der Waals surface area contributed by atoms with Crippen molar-refractivity contribution in [2.75, 3.05) is 7.11 Å². The average molecular weight is 504 g/mol. The molecule has 4 aromatic carbocycles. The molecule has 1 nitrogen and oxygen atoms in total. The first-order valence-electron chi connectivity index (χ1n) is 10.2. The van der Waals surface area contributed by atoms with Crippen molar-refractivity contribution >= 4 is 54.7 Å². The Bertz CT molecular complexity index is 1020. The summed E-state index contributed by atoms with van der Waals surface area (Å²) in [5, 5.41) is 4.28. The third kappa shape index (κ3) is 4.94. The van der Waals surface area contributed by atoms with E-state index in [9.17, 15) is 0 Å². The molecule has 0 spiro atoms. The Kier molecular flexibility index (Phi) is 7.26. The van der Waals surface area contributed by atoms with Gasteiger partial charge in [-0.2, -0.15) is 0 Å². The van der Waals surface area contributed by atoms with Crippen LogP contribution in [-0.2, 0) is 0 Å². The Hall–Kier alpha value is -2.36. The van der Waals surface area contributed by atoms with Gasteiger partial charge in [0.2, 0.25) is 0 Å². The molecule has 0 unspecified atom stereocenters. The number of rotatable bonds is 8. The topological polar surface area (TPSA) is 9.23 Å². The number of methoxy groups -OCH3 is 1. The summed E-state index contributed by atoms with van der Waals surface area (Å²) >= 11 is 5.22. The molecule has 0 amide bonds. The minimum atomic E-state index is -2.27. The van der Waals surface area contributed by atoms with Crippen LogP contribution < -0.4 is 20.3 Å². The van der Waals surface area contributed by atoms with E-state index in [4.69, 9.17) is 4.74 Å². The normalized spacial score (nSPS) is 11.1. The van der Waals surface area contributed by atoms with Crippen molar-refractivity contribution in [3.8, 4) is 5.75 Å². The van der Waals surface area contributed by atoms with Gasteiger partial charge in [0.15, 0.2) is 0 Å². The summed E-state index contributed by atoms with van der Waals surface area (Å²) in [5.41, 5.74) is 0. The second-order valence-corrected chi connectivity index (χ2v) is 14.0. The van der Waals surface area contributed by atoms with E-state index in [1.807, 2.05) is 23.9 Å². The van der Waals surface area contributed by atoms with E-state index in [0.29, 0.717) is 0 Å². The Labute approximate surface area is 197 Å². The van der Waals surface area contributed by atoms with Gasteiger partial charge < -0.3 is 0 Å². The Morgan fingerprint density at radius 2 is 1.10 bits per heavy atom. The molecule has 0 aliphatic carbocycles. The molecule has 0 bridgehead atoms. The average Bonchev–Trinajstić information content (AvgIpc) is 2.85. The van der Waals surface area contributed by atoms with Gasteiger partial charge in [0.25, 0.3) is 0 Å². The van der Waals surface area contributed by atoms with Crippen molar-refractivity contribution in [3.05, 3.63) is 115 Å². The van der Waals surface area contributed by atoms with Crippen LogP contribution in [0.3, 0.4) is 0 Å². The molecule has 31 heavy (non-hydrogen) atoms. The number of hydrogen-bond acceptors (Lipinski definition) is 2. The van der Waals surface area contributed by atoms with Gasteiger partial charge in [0, 0.05) is 0 Å². The van der Waals surface area contributed by atoms with Gasteiger partial charge in [0.05, 0.1) is 0 Å². The van der Waals surface area contributed by atoms with Crippen LogP contribution in [0.15, 0.2) is 120 Å². The van der Waals surface area contributed by atoms with E-state index >= 15 is 0 Å². The molecule has 0 saturated carbocycles. The van der Waals surface area contributed by atoms with Crippen molar-refractivity contribution < 1.29 is 4.74 Å². The molecule has 0 aliphatic heterocycles. The molecule has 0 saturated heterocycles. The van der Waals surface area contributed by atoms with Gasteiger partial charge in [-0.25, -0.2) is 0 Å². The van der Waals surface area contributed by atoms with Crippen LogP contribution in [0.5, 0.6) is 5.75 Å². The first-order valence-corrected chi connectivity index (χ1v) is 14.1. The Balaban J connectivity index is 1.78. The molecule has 0 N–H and O–H groups in total. The van der Waals surface area contributed by atoms with Crippen molar-refractivity contribution in [2.24, 2.45) is 0 Å². The monoisotopic (exact) mass is 504 g/mol. The zero-order valence-corrected chi connectivity index (χ0v) is 20.9. The molecule has 0 atom stereocenters. The summed E-state index contributed by atoms with van der Waals surface area (Å²) in [6, 6.07) is 42.4. The van der Waals surface area contributed by atoms with Crippen LogP contribution >= 0.6 is 11.8 Å². The van der Waals surface area contributed by atoms with Crippen LogP contribution in [0, 0.1) is 0 Å². The van der Waals surface area contributed by atoms with E-state index in [1.165, 1.54) is 24.2 Å². The maximum atomic E-state index is 5.31. The van der Waals surface area contributed by atoms with Crippen molar-refractivity contribution in [3.63, 3.8) is 0 Å². The van der Waals surface area contributed by atoms with E-state index in [0.717, 1.165) is 11.8 Å². The number of thioether (sulfide) groups is 1. The van der Waals surface area contributed by atoms with Crippen LogP contribution in [-0.4, -0.2) is 34.5 Å². The Morgan fingerprint density at radius 3 is 1.48 bits per heavy atom. The van der Waals surface area contributed by atoms with Crippen molar-refractivity contribution in [2.45, 2.75) is 10.9 Å². The molecule has 0 aliphatic rings. The molecule has 4 aromatic rings. The number of hydrogen-bond donors (Lipinski definition) is 0. The summed E-state index contributed by atoms with van der Waals surface area (Å²) < 4.78 is 6.61. The first-order chi connectivity index (χ1) is 15.2. The van der Waals surface area contributed by atoms with Crippen LogP contribution in [0.4, 0.5) is 0 Å². The van der Waals surface area contributed by atoms with Crippen molar-refractivity contribution in [1.82, 2.24) is 0 Å². The zero-order chi connectivity index (χ0) is 21.5. The molecule has 4 rings (SSSR count). The van der Waals surface area contributed by atoms with E-state index < -0.39 is 8.07 Å². The van der Waals surface area contributed by atoms with Gasteiger partial charge in [-0.3, -0.25) is 0 Å². The second kappa shape index (κ2) is 10.3. The van der Waals surface area contributed by atoms with Gasteiger partial charge >= 0.3 is 199 Å². The summed E-state index contributed by atoms with van der Waals surface area (Å²) in [6.07, 6.45) is 0. The van der Waals surface area contributed by atoms with Crippen LogP contribution in [0.2, 0.25) is 6.04 Å². The van der Waals surface area contributed by atoms with E-state index in [-0.39, 0.29) is 0 Å². The fraction of sp³-hybridized carbons (Fsp3) is 0.0741. The third-order valence-electron chi connectivity index (χ3n) is 5.50. The van der Waals surface area contributed by atoms with Gasteiger partial charge in [-0.05, 0) is 0 Å². The SMILES string of the molecule is COc1ccc(SC(=[Se])C[Si](c2ccccc2)(c2ccccc2)c2ccccc2)cc1.